The molecule has 0 atom stereocenters. The van der Waals surface area contributed by atoms with Crippen molar-refractivity contribution in [2.45, 2.75) is 18.8 Å². The topological polar surface area (TPSA) is 94.5 Å². The highest BCUT2D eigenvalue weighted by Crippen LogP contribution is 2.42. The van der Waals surface area contributed by atoms with Gasteiger partial charge in [0.2, 0.25) is 0 Å². The van der Waals surface area contributed by atoms with Crippen LogP contribution in [0.25, 0.3) is 21.8 Å². The van der Waals surface area contributed by atoms with Crippen molar-refractivity contribution < 1.29 is 13.9 Å². The molecule has 7 nitrogen and oxygen atoms in total. The fourth-order valence-electron chi connectivity index (χ4n) is 3.14. The Bertz CT molecular complexity index is 986. The molecule has 2 N–H and O–H groups in total. The van der Waals surface area contributed by atoms with Crippen LogP contribution in [0.15, 0.2) is 22.6 Å². The number of nitrogen functional groups attached to an aromatic ring is 1. The molecule has 1 saturated heterocycles. The van der Waals surface area contributed by atoms with Gasteiger partial charge in [0.15, 0.2) is 11.6 Å². The van der Waals surface area contributed by atoms with E-state index in [0.29, 0.717) is 64.7 Å². The maximum absolute atomic E-state index is 12.7. The Morgan fingerprint density at radius 3 is 2.81 bits per heavy atom. The summed E-state index contributed by atoms with van der Waals surface area (Å²) in [6, 6.07) is 5.66. The number of furan rings is 1. The first kappa shape index (κ1) is 15.8. The van der Waals surface area contributed by atoms with E-state index in [0.717, 1.165) is 5.76 Å². The summed E-state index contributed by atoms with van der Waals surface area (Å²) in [4.78, 5) is 24.8. The number of rotatable bonds is 3. The number of carbonyl (C=O) groups is 1. The molecule has 0 radical (unpaired) electrons. The molecule has 0 spiro atoms. The lowest BCUT2D eigenvalue weighted by molar-refractivity contribution is 0.0306. The van der Waals surface area contributed by atoms with Crippen molar-refractivity contribution in [2.75, 3.05) is 32.0 Å². The zero-order chi connectivity index (χ0) is 17.7. The largest absolute Gasteiger partial charge is 0.457 e. The summed E-state index contributed by atoms with van der Waals surface area (Å²) >= 11 is 1.34. The Hall–Kier alpha value is -2.45. The van der Waals surface area contributed by atoms with Crippen LogP contribution in [0, 0.1) is 0 Å². The van der Waals surface area contributed by atoms with Gasteiger partial charge in [-0.15, -0.1) is 11.3 Å². The summed E-state index contributed by atoms with van der Waals surface area (Å²) < 4.78 is 11.2. The first-order chi connectivity index (χ1) is 12.7. The average Bonchev–Trinajstić information content (AvgIpc) is 3.23. The number of morpholine rings is 1. The Balaban J connectivity index is 1.49. The Kier molecular flexibility index (Phi) is 3.68. The molecule has 3 aromatic heterocycles. The number of anilines is 1. The molecule has 0 aromatic carbocycles. The van der Waals surface area contributed by atoms with Crippen LogP contribution in [0.5, 0.6) is 0 Å². The molecule has 26 heavy (non-hydrogen) atoms. The third kappa shape index (κ3) is 2.75. The highest BCUT2D eigenvalue weighted by Gasteiger charge is 2.27. The Labute approximate surface area is 153 Å². The second-order valence-electron chi connectivity index (χ2n) is 6.64. The van der Waals surface area contributed by atoms with Gasteiger partial charge in [-0.25, -0.2) is 9.97 Å². The van der Waals surface area contributed by atoms with Crippen molar-refractivity contribution in [3.8, 4) is 11.6 Å². The second kappa shape index (κ2) is 6.07. The van der Waals surface area contributed by atoms with Crippen molar-refractivity contribution in [3.63, 3.8) is 0 Å². The zero-order valence-electron chi connectivity index (χ0n) is 14.1. The third-order valence-electron chi connectivity index (χ3n) is 4.76. The molecule has 2 aliphatic rings. The number of aromatic nitrogens is 2. The lowest BCUT2D eigenvalue weighted by Crippen LogP contribution is -2.40. The third-order valence-corrected chi connectivity index (χ3v) is 5.78. The smallest absolute Gasteiger partial charge is 0.264 e. The molecule has 0 unspecified atom stereocenters. The number of nitrogens with two attached hydrogens (primary N) is 1. The number of carbonyl (C=O) groups excluding carboxylic acids is 1. The van der Waals surface area contributed by atoms with Crippen molar-refractivity contribution >= 4 is 33.3 Å². The molecule has 1 aliphatic carbocycles. The number of hydrogen-bond donors (Lipinski definition) is 1. The van der Waals surface area contributed by atoms with E-state index in [9.17, 15) is 4.79 Å². The van der Waals surface area contributed by atoms with Crippen LogP contribution in [-0.4, -0.2) is 47.1 Å². The first-order valence-corrected chi connectivity index (χ1v) is 9.55. The van der Waals surface area contributed by atoms with E-state index < -0.39 is 0 Å². The summed E-state index contributed by atoms with van der Waals surface area (Å²) in [5, 5.41) is 0.712. The second-order valence-corrected chi connectivity index (χ2v) is 7.67. The molecular weight excluding hydrogens is 352 g/mol. The molecule has 1 saturated carbocycles. The van der Waals surface area contributed by atoms with Gasteiger partial charge in [-0.1, -0.05) is 0 Å². The lowest BCUT2D eigenvalue weighted by atomic mass is 10.3. The van der Waals surface area contributed by atoms with Gasteiger partial charge in [-0.05, 0) is 31.0 Å². The van der Waals surface area contributed by atoms with Crippen LogP contribution < -0.4 is 5.73 Å². The minimum atomic E-state index is -0.00808. The molecular formula is C18H18N4O3S. The average molecular weight is 370 g/mol. The zero-order valence-corrected chi connectivity index (χ0v) is 14.9. The number of fused-ring (bicyclic) bond motifs is 1. The first-order valence-electron chi connectivity index (χ1n) is 8.73. The molecule has 1 aliphatic heterocycles. The number of ether oxygens (including phenoxy) is 1. The minimum absolute atomic E-state index is 0.00808. The van der Waals surface area contributed by atoms with Gasteiger partial charge in [0.1, 0.15) is 16.4 Å². The van der Waals surface area contributed by atoms with Gasteiger partial charge in [-0.3, -0.25) is 4.79 Å². The SMILES string of the molecule is Nc1nc(-c2ccc(C3CC3)o2)nc2sc(C(=O)N3CCOCC3)cc12. The van der Waals surface area contributed by atoms with Crippen LogP contribution in [0.4, 0.5) is 5.82 Å². The Morgan fingerprint density at radius 2 is 2.04 bits per heavy atom. The molecule has 0 bridgehead atoms. The van der Waals surface area contributed by atoms with Crippen molar-refractivity contribution in [2.24, 2.45) is 0 Å². The molecule has 4 heterocycles. The van der Waals surface area contributed by atoms with Gasteiger partial charge < -0.3 is 19.8 Å². The number of hydrogen-bond acceptors (Lipinski definition) is 7. The lowest BCUT2D eigenvalue weighted by Gasteiger charge is -2.26. The maximum Gasteiger partial charge on any atom is 0.264 e. The van der Waals surface area contributed by atoms with Crippen molar-refractivity contribution in [3.05, 3.63) is 28.8 Å². The highest BCUT2D eigenvalue weighted by molar-refractivity contribution is 7.20. The minimum Gasteiger partial charge on any atom is -0.457 e. The molecule has 8 heteroatoms. The number of thiophene rings is 1. The fraction of sp³-hybridized carbons (Fsp3) is 0.389. The number of amides is 1. The van der Waals surface area contributed by atoms with Gasteiger partial charge in [0.25, 0.3) is 5.91 Å². The summed E-state index contributed by atoms with van der Waals surface area (Å²) in [6.45, 7) is 2.36. The predicted molar refractivity (Wildman–Crippen MR) is 98.2 cm³/mol. The molecule has 3 aromatic rings. The van der Waals surface area contributed by atoms with E-state index in [1.165, 1.54) is 24.2 Å². The molecule has 1 amide bonds. The van der Waals surface area contributed by atoms with Crippen LogP contribution in [-0.2, 0) is 4.74 Å². The van der Waals surface area contributed by atoms with Gasteiger partial charge in [0, 0.05) is 19.0 Å². The van der Waals surface area contributed by atoms with Crippen molar-refractivity contribution in [1.29, 1.82) is 0 Å². The fourth-order valence-corrected chi connectivity index (χ4v) is 4.15. The maximum atomic E-state index is 12.7. The number of nitrogens with zero attached hydrogens (tertiary/aromatic N) is 3. The van der Waals surface area contributed by atoms with E-state index in [4.69, 9.17) is 14.9 Å². The molecule has 2 fully saturated rings. The highest BCUT2D eigenvalue weighted by atomic mass is 32.1. The summed E-state index contributed by atoms with van der Waals surface area (Å²) in [6.07, 6.45) is 2.35. The molecule has 5 rings (SSSR count). The normalized spacial score (nSPS) is 17.8. The summed E-state index contributed by atoms with van der Waals surface area (Å²) in [7, 11) is 0. The van der Waals surface area contributed by atoms with E-state index in [1.54, 1.807) is 11.0 Å². The van der Waals surface area contributed by atoms with E-state index in [1.807, 2.05) is 12.1 Å². The van der Waals surface area contributed by atoms with Gasteiger partial charge >= 0.3 is 0 Å². The summed E-state index contributed by atoms with van der Waals surface area (Å²) in [5.74, 6) is 2.96. The van der Waals surface area contributed by atoms with Crippen LogP contribution in [0.2, 0.25) is 0 Å². The van der Waals surface area contributed by atoms with Crippen molar-refractivity contribution in [1.82, 2.24) is 14.9 Å². The van der Waals surface area contributed by atoms with Gasteiger partial charge in [-0.2, -0.15) is 0 Å². The van der Waals surface area contributed by atoms with Crippen LogP contribution in [0.3, 0.4) is 0 Å². The van der Waals surface area contributed by atoms with Crippen LogP contribution >= 0.6 is 11.3 Å². The monoisotopic (exact) mass is 370 g/mol. The van der Waals surface area contributed by atoms with E-state index in [-0.39, 0.29) is 5.91 Å². The van der Waals surface area contributed by atoms with Crippen LogP contribution in [0.1, 0.15) is 34.2 Å². The standard InChI is InChI=1S/C18H18N4O3S/c19-15-11-9-14(18(23)22-5-7-24-8-6-22)26-17(11)21-16(20-15)13-4-3-12(25-13)10-1-2-10/h3-4,9-10H,1-2,5-8H2,(H2,19,20,21). The predicted octanol–water partition coefficient (Wildman–Crippen LogP) is 2.88. The van der Waals surface area contributed by atoms with E-state index in [2.05, 4.69) is 9.97 Å². The molecule has 134 valence electrons. The van der Waals surface area contributed by atoms with Gasteiger partial charge in [0.05, 0.1) is 23.5 Å². The quantitative estimate of drug-likeness (QED) is 0.762. The summed E-state index contributed by atoms with van der Waals surface area (Å²) in [5.41, 5.74) is 6.13. The Morgan fingerprint density at radius 1 is 1.23 bits per heavy atom. The van der Waals surface area contributed by atoms with E-state index >= 15 is 0 Å².